The summed E-state index contributed by atoms with van der Waals surface area (Å²) < 4.78 is 0. The minimum Gasteiger partial charge on any atom is -0.396 e. The molecule has 3 heteroatoms. The third-order valence-corrected chi connectivity index (χ3v) is 4.05. The van der Waals surface area contributed by atoms with Crippen molar-refractivity contribution in [3.8, 4) is 0 Å². The van der Waals surface area contributed by atoms with Crippen LogP contribution in [0, 0.1) is 5.92 Å². The number of hydrogen-bond acceptors (Lipinski definition) is 2. The third-order valence-electron chi connectivity index (χ3n) is 4.05. The van der Waals surface area contributed by atoms with Gasteiger partial charge in [0.15, 0.2) is 0 Å². The summed E-state index contributed by atoms with van der Waals surface area (Å²) in [5, 5.41) is 12.3. The molecule has 2 rings (SSSR count). The Bertz CT molecular complexity index is 425. The van der Waals surface area contributed by atoms with Crippen molar-refractivity contribution in [2.45, 2.75) is 45.1 Å². The van der Waals surface area contributed by atoms with E-state index in [4.69, 9.17) is 0 Å². The fourth-order valence-electron chi connectivity index (χ4n) is 2.72. The van der Waals surface area contributed by atoms with Gasteiger partial charge in [0.1, 0.15) is 0 Å². The second kappa shape index (κ2) is 6.20. The lowest BCUT2D eigenvalue weighted by Gasteiger charge is -2.19. The summed E-state index contributed by atoms with van der Waals surface area (Å²) in [4.78, 5) is 12.2. The molecule has 2 atom stereocenters. The van der Waals surface area contributed by atoms with Crippen LogP contribution in [0.3, 0.4) is 0 Å². The van der Waals surface area contributed by atoms with Crippen molar-refractivity contribution in [2.75, 3.05) is 6.61 Å². The van der Waals surface area contributed by atoms with Crippen LogP contribution in [0.4, 0.5) is 0 Å². The Balaban J connectivity index is 1.99. The van der Waals surface area contributed by atoms with E-state index in [0.29, 0.717) is 11.5 Å². The molecule has 1 aliphatic rings. The number of aliphatic hydroxyl groups is 1. The number of amides is 1. The molecule has 0 bridgehead atoms. The predicted molar refractivity (Wildman–Crippen MR) is 76.2 cm³/mol. The molecule has 0 radical (unpaired) electrons. The molecule has 0 aromatic heterocycles. The smallest absolute Gasteiger partial charge is 0.251 e. The van der Waals surface area contributed by atoms with E-state index in [0.717, 1.165) is 19.3 Å². The summed E-state index contributed by atoms with van der Waals surface area (Å²) in [6.45, 7) is 4.44. The van der Waals surface area contributed by atoms with Crippen molar-refractivity contribution in [3.63, 3.8) is 0 Å². The number of hydrogen-bond donors (Lipinski definition) is 2. The van der Waals surface area contributed by atoms with Gasteiger partial charge in [-0.1, -0.05) is 32.4 Å². The second-order valence-corrected chi connectivity index (χ2v) is 5.73. The summed E-state index contributed by atoms with van der Waals surface area (Å²) in [7, 11) is 0. The van der Waals surface area contributed by atoms with Crippen LogP contribution in [0.1, 0.15) is 54.9 Å². The quantitative estimate of drug-likeness (QED) is 0.875. The molecular weight excluding hydrogens is 238 g/mol. The van der Waals surface area contributed by atoms with E-state index in [9.17, 15) is 9.90 Å². The maximum atomic E-state index is 12.2. The molecule has 1 aromatic rings. The second-order valence-electron chi connectivity index (χ2n) is 5.73. The zero-order valence-corrected chi connectivity index (χ0v) is 11.7. The Morgan fingerprint density at radius 2 is 2.00 bits per heavy atom. The first-order valence-electron chi connectivity index (χ1n) is 7.13. The summed E-state index contributed by atoms with van der Waals surface area (Å²) in [5.74, 6) is 0.672. The molecule has 2 N–H and O–H groups in total. The number of nitrogens with one attached hydrogen (secondary N) is 1. The Morgan fingerprint density at radius 3 is 2.58 bits per heavy atom. The van der Waals surface area contributed by atoms with E-state index in [-0.39, 0.29) is 24.5 Å². The number of benzene rings is 1. The standard InChI is InChI=1S/C16H23NO2/c1-11(2)12-6-8-13(9-7-12)16(19)17-15-5-3-4-14(15)10-18/h6-9,11,14-15,18H,3-5,10H2,1-2H3,(H,17,19). The highest BCUT2D eigenvalue weighted by Gasteiger charge is 2.28. The van der Waals surface area contributed by atoms with Crippen molar-refractivity contribution in [3.05, 3.63) is 35.4 Å². The van der Waals surface area contributed by atoms with Crippen LogP contribution in [0.15, 0.2) is 24.3 Å². The molecule has 1 aliphatic carbocycles. The largest absolute Gasteiger partial charge is 0.396 e. The summed E-state index contributed by atoms with van der Waals surface area (Å²) in [6, 6.07) is 7.92. The number of carbonyl (C=O) groups excluding carboxylic acids is 1. The first kappa shape index (κ1) is 14.1. The van der Waals surface area contributed by atoms with Crippen LogP contribution >= 0.6 is 0 Å². The molecule has 1 fully saturated rings. The molecule has 0 spiro atoms. The van der Waals surface area contributed by atoms with Gasteiger partial charge in [0.25, 0.3) is 5.91 Å². The van der Waals surface area contributed by atoms with E-state index >= 15 is 0 Å². The summed E-state index contributed by atoms with van der Waals surface area (Å²) in [5.41, 5.74) is 1.94. The summed E-state index contributed by atoms with van der Waals surface area (Å²) >= 11 is 0. The van der Waals surface area contributed by atoms with Gasteiger partial charge >= 0.3 is 0 Å². The van der Waals surface area contributed by atoms with Gasteiger partial charge in [-0.3, -0.25) is 4.79 Å². The Kier molecular flexibility index (Phi) is 4.59. The first-order chi connectivity index (χ1) is 9.11. The molecule has 0 heterocycles. The average Bonchev–Trinajstić information content (AvgIpc) is 2.86. The van der Waals surface area contributed by atoms with Crippen LogP contribution in [0.5, 0.6) is 0 Å². The molecule has 2 unspecified atom stereocenters. The fourth-order valence-corrected chi connectivity index (χ4v) is 2.72. The van der Waals surface area contributed by atoms with Crippen molar-refractivity contribution in [2.24, 2.45) is 5.92 Å². The van der Waals surface area contributed by atoms with Crippen LogP contribution < -0.4 is 5.32 Å². The molecule has 1 saturated carbocycles. The predicted octanol–water partition coefficient (Wildman–Crippen LogP) is 2.70. The van der Waals surface area contributed by atoms with E-state index in [1.807, 2.05) is 24.3 Å². The van der Waals surface area contributed by atoms with Crippen LogP contribution in [-0.2, 0) is 0 Å². The molecule has 1 amide bonds. The minimum absolute atomic E-state index is 0.0272. The van der Waals surface area contributed by atoms with Crippen molar-refractivity contribution < 1.29 is 9.90 Å². The van der Waals surface area contributed by atoms with E-state index in [2.05, 4.69) is 19.2 Å². The van der Waals surface area contributed by atoms with E-state index < -0.39 is 0 Å². The van der Waals surface area contributed by atoms with Gasteiger partial charge in [0.05, 0.1) is 0 Å². The third kappa shape index (κ3) is 3.35. The highest BCUT2D eigenvalue weighted by Crippen LogP contribution is 2.25. The Morgan fingerprint density at radius 1 is 1.32 bits per heavy atom. The molecule has 1 aromatic carbocycles. The molecule has 0 saturated heterocycles. The first-order valence-corrected chi connectivity index (χ1v) is 7.13. The van der Waals surface area contributed by atoms with Gasteiger partial charge in [0, 0.05) is 24.1 Å². The lowest BCUT2D eigenvalue weighted by molar-refractivity contribution is 0.0916. The zero-order chi connectivity index (χ0) is 13.8. The number of carbonyl (C=O) groups is 1. The lowest BCUT2D eigenvalue weighted by Crippen LogP contribution is -2.38. The van der Waals surface area contributed by atoms with Crippen molar-refractivity contribution in [1.29, 1.82) is 0 Å². The van der Waals surface area contributed by atoms with E-state index in [1.165, 1.54) is 5.56 Å². The highest BCUT2D eigenvalue weighted by atomic mass is 16.3. The van der Waals surface area contributed by atoms with Crippen molar-refractivity contribution in [1.82, 2.24) is 5.32 Å². The van der Waals surface area contributed by atoms with Crippen LogP contribution in [-0.4, -0.2) is 23.7 Å². The van der Waals surface area contributed by atoms with Gasteiger partial charge in [-0.2, -0.15) is 0 Å². The molecule has 3 nitrogen and oxygen atoms in total. The van der Waals surface area contributed by atoms with Gasteiger partial charge in [-0.05, 0) is 36.5 Å². The molecular formula is C16H23NO2. The SMILES string of the molecule is CC(C)c1ccc(C(=O)NC2CCCC2CO)cc1. The zero-order valence-electron chi connectivity index (χ0n) is 11.7. The monoisotopic (exact) mass is 261 g/mol. The van der Waals surface area contributed by atoms with Gasteiger partial charge in [0.2, 0.25) is 0 Å². The Labute approximate surface area is 115 Å². The maximum absolute atomic E-state index is 12.2. The molecule has 0 aliphatic heterocycles. The normalized spacial score (nSPS) is 22.7. The molecule has 104 valence electrons. The lowest BCUT2D eigenvalue weighted by atomic mass is 10.0. The van der Waals surface area contributed by atoms with E-state index in [1.54, 1.807) is 0 Å². The van der Waals surface area contributed by atoms with Gasteiger partial charge < -0.3 is 10.4 Å². The van der Waals surface area contributed by atoms with Crippen molar-refractivity contribution >= 4 is 5.91 Å². The maximum Gasteiger partial charge on any atom is 0.251 e. The Hall–Kier alpha value is -1.35. The van der Waals surface area contributed by atoms with Gasteiger partial charge in [-0.15, -0.1) is 0 Å². The van der Waals surface area contributed by atoms with Gasteiger partial charge in [-0.25, -0.2) is 0 Å². The average molecular weight is 261 g/mol. The highest BCUT2D eigenvalue weighted by molar-refractivity contribution is 5.94. The topological polar surface area (TPSA) is 49.3 Å². The fraction of sp³-hybridized carbons (Fsp3) is 0.562. The van der Waals surface area contributed by atoms with Crippen LogP contribution in [0.2, 0.25) is 0 Å². The van der Waals surface area contributed by atoms with Crippen LogP contribution in [0.25, 0.3) is 0 Å². The number of aliphatic hydroxyl groups excluding tert-OH is 1. The molecule has 19 heavy (non-hydrogen) atoms. The summed E-state index contributed by atoms with van der Waals surface area (Å²) in [6.07, 6.45) is 3.07. The minimum atomic E-state index is -0.0272. The number of rotatable bonds is 4.